The summed E-state index contributed by atoms with van der Waals surface area (Å²) in [7, 11) is 0. The van der Waals surface area contributed by atoms with Crippen LogP contribution in [0.15, 0.2) is 16.6 Å². The molecule has 3 nitrogen and oxygen atoms in total. The Morgan fingerprint density at radius 3 is 2.69 bits per heavy atom. The van der Waals surface area contributed by atoms with Crippen molar-refractivity contribution in [3.63, 3.8) is 0 Å². The molecule has 2 N–H and O–H groups in total. The predicted octanol–water partition coefficient (Wildman–Crippen LogP) is 2.28. The zero-order chi connectivity index (χ0) is 12.1. The lowest BCUT2D eigenvalue weighted by atomic mass is 10.3. The van der Waals surface area contributed by atoms with Gasteiger partial charge >= 0.3 is 0 Å². The Morgan fingerprint density at radius 2 is 2.12 bits per heavy atom. The molecule has 1 aromatic carbocycles. The van der Waals surface area contributed by atoms with Gasteiger partial charge in [0.15, 0.2) is 5.82 Å². The van der Waals surface area contributed by atoms with E-state index in [9.17, 15) is 13.6 Å². The number of benzene rings is 1. The summed E-state index contributed by atoms with van der Waals surface area (Å²) < 4.78 is 26.2. The van der Waals surface area contributed by atoms with Gasteiger partial charge < -0.3 is 10.6 Å². The van der Waals surface area contributed by atoms with Gasteiger partial charge in [-0.05, 0) is 28.5 Å². The Balaban J connectivity index is 2.77. The van der Waals surface area contributed by atoms with Crippen molar-refractivity contribution >= 4 is 27.5 Å². The Hall–Kier alpha value is -1.01. The number of rotatable bonds is 4. The number of hydrogen-bond acceptors (Lipinski definition) is 2. The molecule has 1 rings (SSSR count). The van der Waals surface area contributed by atoms with E-state index in [0.29, 0.717) is 12.6 Å². The molecule has 1 aromatic rings. The van der Waals surface area contributed by atoms with Crippen LogP contribution in [0, 0.1) is 11.6 Å². The van der Waals surface area contributed by atoms with Gasteiger partial charge in [0.1, 0.15) is 5.82 Å². The fourth-order valence-electron chi connectivity index (χ4n) is 1.08. The fraction of sp³-hybridized carbons (Fsp3) is 0.300. The van der Waals surface area contributed by atoms with Crippen LogP contribution in [0.4, 0.5) is 14.5 Å². The van der Waals surface area contributed by atoms with E-state index in [2.05, 4.69) is 26.6 Å². The first-order valence-electron chi connectivity index (χ1n) is 4.69. The number of nitrogens with one attached hydrogen (secondary N) is 2. The summed E-state index contributed by atoms with van der Waals surface area (Å²) in [5, 5.41) is 5.15. The van der Waals surface area contributed by atoms with Crippen LogP contribution < -0.4 is 10.6 Å². The highest BCUT2D eigenvalue weighted by Gasteiger charge is 2.12. The standard InChI is InChI=1S/C10H11BrF2N2O/c1-2-14-5-9(16)15-10-7(11)3-6(12)4-8(10)13/h3-4,14H,2,5H2,1H3,(H,15,16). The molecule has 0 unspecified atom stereocenters. The largest absolute Gasteiger partial charge is 0.322 e. The normalized spacial score (nSPS) is 10.2. The number of carbonyl (C=O) groups excluding carboxylic acids is 1. The summed E-state index contributed by atoms with van der Waals surface area (Å²) in [4.78, 5) is 11.3. The van der Waals surface area contributed by atoms with Gasteiger partial charge in [0.25, 0.3) is 0 Å². The van der Waals surface area contributed by atoms with Crippen molar-refractivity contribution in [3.05, 3.63) is 28.2 Å². The smallest absolute Gasteiger partial charge is 0.238 e. The van der Waals surface area contributed by atoms with Crippen LogP contribution in [-0.2, 0) is 4.79 Å². The Kier molecular flexibility index (Phi) is 4.82. The zero-order valence-electron chi connectivity index (χ0n) is 8.61. The monoisotopic (exact) mass is 292 g/mol. The number of likely N-dealkylation sites (N-methyl/N-ethyl adjacent to an activating group) is 1. The van der Waals surface area contributed by atoms with Gasteiger partial charge in [-0.2, -0.15) is 0 Å². The van der Waals surface area contributed by atoms with E-state index in [1.807, 2.05) is 6.92 Å². The number of amides is 1. The minimum atomic E-state index is -0.809. The van der Waals surface area contributed by atoms with E-state index in [4.69, 9.17) is 0 Å². The highest BCUT2D eigenvalue weighted by molar-refractivity contribution is 9.10. The summed E-state index contributed by atoms with van der Waals surface area (Å²) in [6.45, 7) is 2.57. The first-order valence-corrected chi connectivity index (χ1v) is 5.49. The SMILES string of the molecule is CCNCC(=O)Nc1c(F)cc(F)cc1Br. The van der Waals surface area contributed by atoms with Crippen LogP contribution >= 0.6 is 15.9 Å². The molecule has 88 valence electrons. The summed E-state index contributed by atoms with van der Waals surface area (Å²) in [5.41, 5.74) is -0.0516. The number of hydrogen-bond donors (Lipinski definition) is 2. The Bertz CT molecular complexity index is 375. The van der Waals surface area contributed by atoms with Crippen LogP contribution in [-0.4, -0.2) is 19.0 Å². The second-order valence-corrected chi connectivity index (χ2v) is 3.93. The summed E-state index contributed by atoms with van der Waals surface area (Å²) in [6, 6.07) is 1.81. The van der Waals surface area contributed by atoms with Crippen LogP contribution in [0.5, 0.6) is 0 Å². The van der Waals surface area contributed by atoms with E-state index in [0.717, 1.165) is 6.07 Å². The molecule has 6 heteroatoms. The van der Waals surface area contributed by atoms with Crippen molar-refractivity contribution in [1.82, 2.24) is 5.32 Å². The van der Waals surface area contributed by atoms with Gasteiger partial charge in [0.05, 0.1) is 12.2 Å². The van der Waals surface area contributed by atoms with Gasteiger partial charge in [0.2, 0.25) is 5.91 Å². The third kappa shape index (κ3) is 3.53. The summed E-state index contributed by atoms with van der Waals surface area (Å²) in [6.07, 6.45) is 0. The van der Waals surface area contributed by atoms with E-state index in [1.165, 1.54) is 0 Å². The van der Waals surface area contributed by atoms with Gasteiger partial charge in [-0.3, -0.25) is 4.79 Å². The van der Waals surface area contributed by atoms with Gasteiger partial charge in [0, 0.05) is 10.5 Å². The molecule has 1 amide bonds. The van der Waals surface area contributed by atoms with Crippen LogP contribution in [0.1, 0.15) is 6.92 Å². The lowest BCUT2D eigenvalue weighted by molar-refractivity contribution is -0.115. The zero-order valence-corrected chi connectivity index (χ0v) is 10.2. The molecule has 0 aliphatic carbocycles. The molecular formula is C10H11BrF2N2O. The molecule has 0 bridgehead atoms. The average molecular weight is 293 g/mol. The molecule has 16 heavy (non-hydrogen) atoms. The quantitative estimate of drug-likeness (QED) is 0.894. The molecule has 0 fully saturated rings. The molecule has 0 heterocycles. The van der Waals surface area contributed by atoms with Crippen LogP contribution in [0.3, 0.4) is 0 Å². The molecule has 0 aromatic heterocycles. The molecule has 0 aliphatic rings. The molecule has 0 radical (unpaired) electrons. The highest BCUT2D eigenvalue weighted by Crippen LogP contribution is 2.26. The summed E-state index contributed by atoms with van der Waals surface area (Å²) in [5.74, 6) is -1.89. The van der Waals surface area contributed by atoms with Crippen molar-refractivity contribution in [2.45, 2.75) is 6.92 Å². The third-order valence-corrected chi connectivity index (χ3v) is 2.43. The highest BCUT2D eigenvalue weighted by atomic mass is 79.9. The van der Waals surface area contributed by atoms with Gasteiger partial charge in [-0.1, -0.05) is 6.92 Å². The van der Waals surface area contributed by atoms with Crippen LogP contribution in [0.25, 0.3) is 0 Å². The van der Waals surface area contributed by atoms with Crippen molar-refractivity contribution in [3.8, 4) is 0 Å². The topological polar surface area (TPSA) is 41.1 Å². The van der Waals surface area contributed by atoms with E-state index >= 15 is 0 Å². The maximum Gasteiger partial charge on any atom is 0.238 e. The van der Waals surface area contributed by atoms with Gasteiger partial charge in [-0.15, -0.1) is 0 Å². The van der Waals surface area contributed by atoms with Crippen molar-refractivity contribution in [2.75, 3.05) is 18.4 Å². The molecule has 0 saturated heterocycles. The minimum absolute atomic E-state index is 0.0516. The Labute approximate surface area is 100 Å². The molecule has 0 spiro atoms. The predicted molar refractivity (Wildman–Crippen MR) is 61.2 cm³/mol. The lowest BCUT2D eigenvalue weighted by Gasteiger charge is -2.08. The average Bonchev–Trinajstić information content (AvgIpc) is 2.20. The number of halogens is 3. The maximum absolute atomic E-state index is 13.3. The van der Waals surface area contributed by atoms with Crippen molar-refractivity contribution in [2.24, 2.45) is 0 Å². The van der Waals surface area contributed by atoms with E-state index in [1.54, 1.807) is 0 Å². The first-order chi connectivity index (χ1) is 7.54. The van der Waals surface area contributed by atoms with Gasteiger partial charge in [-0.25, -0.2) is 8.78 Å². The molecule has 0 saturated carbocycles. The van der Waals surface area contributed by atoms with Crippen molar-refractivity contribution < 1.29 is 13.6 Å². The second-order valence-electron chi connectivity index (χ2n) is 3.07. The molecular weight excluding hydrogens is 282 g/mol. The summed E-state index contributed by atoms with van der Waals surface area (Å²) >= 11 is 2.98. The third-order valence-electron chi connectivity index (χ3n) is 1.81. The maximum atomic E-state index is 13.3. The van der Waals surface area contributed by atoms with E-state index in [-0.39, 0.29) is 22.6 Å². The lowest BCUT2D eigenvalue weighted by Crippen LogP contribution is -2.28. The Morgan fingerprint density at radius 1 is 1.44 bits per heavy atom. The van der Waals surface area contributed by atoms with E-state index < -0.39 is 11.6 Å². The number of carbonyl (C=O) groups is 1. The molecule has 0 aliphatic heterocycles. The number of anilines is 1. The van der Waals surface area contributed by atoms with Crippen molar-refractivity contribution in [1.29, 1.82) is 0 Å². The first kappa shape index (κ1) is 13.1. The molecule has 0 atom stereocenters. The minimum Gasteiger partial charge on any atom is -0.322 e. The fourth-order valence-corrected chi connectivity index (χ4v) is 1.59. The second kappa shape index (κ2) is 5.91. The van der Waals surface area contributed by atoms with Crippen LogP contribution in [0.2, 0.25) is 0 Å².